The number of halogens is 3. The molecule has 1 fully saturated rings. The van der Waals surface area contributed by atoms with Crippen LogP contribution in [0.15, 0.2) is 48.5 Å². The lowest BCUT2D eigenvalue weighted by Crippen LogP contribution is -2.54. The van der Waals surface area contributed by atoms with E-state index in [1.54, 1.807) is 20.3 Å². The van der Waals surface area contributed by atoms with Crippen LogP contribution in [0, 0.1) is 0 Å². The minimum Gasteiger partial charge on any atom is -0.495 e. The molecule has 12 heteroatoms. The Kier molecular flexibility index (Phi) is 8.97. The molecule has 3 aromatic carbocycles. The number of benzene rings is 3. The number of rotatable bonds is 7. The van der Waals surface area contributed by atoms with Crippen LogP contribution in [0.3, 0.4) is 0 Å². The molecule has 5 rings (SSSR count). The standard InChI is InChI=1S/C28H29Cl2IN5O3P/c1-15-13-35(14-16(2)32-15)19-8-5-17(6-9-19)28(37)33-27-20-10-7-18(11-21(20)36(34-27)40-31)24-25(29)22(38-3)12-23(39-4)26(24)30/h5-12,15-16,32,40H,13-14H2,1-4H3,(H,33,34,37)/t15-,16+. The second-order valence-electron chi connectivity index (χ2n) is 9.74. The number of carbonyl (C=O) groups is 1. The zero-order valence-electron chi connectivity index (χ0n) is 22.4. The van der Waals surface area contributed by atoms with Crippen molar-refractivity contribution >= 4 is 79.9 Å². The van der Waals surface area contributed by atoms with Crippen LogP contribution < -0.4 is 25.0 Å². The van der Waals surface area contributed by atoms with Gasteiger partial charge in [-0.15, -0.1) is 5.10 Å². The summed E-state index contributed by atoms with van der Waals surface area (Å²) < 4.78 is 12.7. The van der Waals surface area contributed by atoms with Gasteiger partial charge in [0.1, 0.15) is 11.5 Å². The molecule has 8 nitrogen and oxygen atoms in total. The van der Waals surface area contributed by atoms with E-state index in [4.69, 9.17) is 32.7 Å². The molecule has 1 aromatic heterocycles. The van der Waals surface area contributed by atoms with Gasteiger partial charge in [0.15, 0.2) is 5.82 Å². The molecular weight excluding hydrogens is 683 g/mol. The third-order valence-corrected chi connectivity index (χ3v) is 9.53. The number of carbonyl (C=O) groups excluding carboxylic acids is 1. The Balaban J connectivity index is 1.43. The maximum absolute atomic E-state index is 13.2. The lowest BCUT2D eigenvalue weighted by atomic mass is 10.0. The second-order valence-corrected chi connectivity index (χ2v) is 12.5. The molecule has 0 aliphatic carbocycles. The molecular formula is C28H29Cl2IN5O3P. The Morgan fingerprint density at radius 2 is 1.65 bits per heavy atom. The first-order valence-corrected chi connectivity index (χ1v) is 17.5. The summed E-state index contributed by atoms with van der Waals surface area (Å²) in [5.74, 6) is 1.19. The van der Waals surface area contributed by atoms with Crippen molar-refractivity contribution in [2.24, 2.45) is 0 Å². The highest BCUT2D eigenvalue weighted by atomic mass is 127. The van der Waals surface area contributed by atoms with Crippen LogP contribution in [-0.4, -0.2) is 54.9 Å². The van der Waals surface area contributed by atoms with E-state index in [2.05, 4.69) is 56.5 Å². The van der Waals surface area contributed by atoms with Crippen molar-refractivity contribution in [3.05, 3.63) is 64.1 Å². The van der Waals surface area contributed by atoms with Crippen molar-refractivity contribution in [2.75, 3.05) is 37.5 Å². The lowest BCUT2D eigenvalue weighted by molar-refractivity contribution is 0.102. The van der Waals surface area contributed by atoms with Gasteiger partial charge < -0.3 is 25.0 Å². The first kappa shape index (κ1) is 29.2. The monoisotopic (exact) mass is 711 g/mol. The largest absolute Gasteiger partial charge is 0.495 e. The van der Waals surface area contributed by atoms with Crippen molar-refractivity contribution in [2.45, 2.75) is 25.9 Å². The Morgan fingerprint density at radius 1 is 1.02 bits per heavy atom. The summed E-state index contributed by atoms with van der Waals surface area (Å²) in [5.41, 5.74) is 3.90. The average Bonchev–Trinajstić information content (AvgIpc) is 3.29. The molecule has 0 saturated carbocycles. The van der Waals surface area contributed by atoms with Crippen LogP contribution in [0.1, 0.15) is 24.2 Å². The van der Waals surface area contributed by atoms with Gasteiger partial charge in [-0.25, -0.2) is 4.45 Å². The Labute approximate surface area is 258 Å². The number of hydrogen-bond acceptors (Lipinski definition) is 6. The van der Waals surface area contributed by atoms with Gasteiger partial charge in [-0.3, -0.25) is 4.79 Å². The van der Waals surface area contributed by atoms with Gasteiger partial charge in [-0.05, 0) is 77.9 Å². The predicted molar refractivity (Wildman–Crippen MR) is 175 cm³/mol. The molecule has 0 radical (unpaired) electrons. The summed E-state index contributed by atoms with van der Waals surface area (Å²) in [5, 5.41) is 12.8. The Morgan fingerprint density at radius 3 is 2.23 bits per heavy atom. The van der Waals surface area contributed by atoms with Gasteiger partial charge in [-0.2, -0.15) is 0 Å². The quantitative estimate of drug-likeness (QED) is 0.155. The molecule has 2 heterocycles. The molecule has 0 bridgehead atoms. The highest BCUT2D eigenvalue weighted by Crippen LogP contribution is 2.47. The lowest BCUT2D eigenvalue weighted by Gasteiger charge is -2.37. The first-order valence-electron chi connectivity index (χ1n) is 12.7. The summed E-state index contributed by atoms with van der Waals surface area (Å²) in [4.78, 5) is 15.6. The number of fused-ring (bicyclic) bond motifs is 1. The van der Waals surface area contributed by atoms with E-state index < -0.39 is 0 Å². The van der Waals surface area contributed by atoms with Gasteiger partial charge in [0.2, 0.25) is 0 Å². The van der Waals surface area contributed by atoms with Gasteiger partial charge in [0.05, 0.1) is 36.2 Å². The number of hydrogen-bond donors (Lipinski definition) is 2. The van der Waals surface area contributed by atoms with Crippen molar-refractivity contribution < 1.29 is 14.3 Å². The van der Waals surface area contributed by atoms with E-state index in [0.717, 1.165) is 35.2 Å². The van der Waals surface area contributed by atoms with Crippen LogP contribution in [0.2, 0.25) is 10.0 Å². The van der Waals surface area contributed by atoms with Crippen molar-refractivity contribution in [1.29, 1.82) is 0 Å². The first-order chi connectivity index (χ1) is 19.2. The number of piperazine rings is 1. The molecule has 4 aromatic rings. The minimum absolute atomic E-state index is 0.218. The summed E-state index contributed by atoms with van der Waals surface area (Å²) in [6.45, 7) is 6.22. The minimum atomic E-state index is -0.218. The average molecular weight is 712 g/mol. The van der Waals surface area contributed by atoms with Crippen LogP contribution >= 0.6 is 51.6 Å². The maximum Gasteiger partial charge on any atom is 0.256 e. The fraction of sp³-hybridized carbons (Fsp3) is 0.286. The fourth-order valence-electron chi connectivity index (χ4n) is 5.11. The number of aromatic nitrogens is 2. The molecule has 1 amide bonds. The van der Waals surface area contributed by atoms with E-state index in [0.29, 0.717) is 56.9 Å². The van der Waals surface area contributed by atoms with Crippen LogP contribution in [-0.2, 0) is 0 Å². The summed E-state index contributed by atoms with van der Waals surface area (Å²) in [6.07, 6.45) is 0.306. The highest BCUT2D eigenvalue weighted by Gasteiger charge is 2.23. The van der Waals surface area contributed by atoms with Gasteiger partial charge in [0.25, 0.3) is 5.91 Å². The molecule has 210 valence electrons. The van der Waals surface area contributed by atoms with Gasteiger partial charge in [0, 0.05) is 53.4 Å². The zero-order chi connectivity index (χ0) is 28.6. The number of amides is 1. The summed E-state index contributed by atoms with van der Waals surface area (Å²) >= 11 is 15.6. The van der Waals surface area contributed by atoms with E-state index in [-0.39, 0.29) is 5.91 Å². The molecule has 1 aliphatic heterocycles. The topological polar surface area (TPSA) is 80.7 Å². The van der Waals surface area contributed by atoms with Crippen LogP contribution in [0.5, 0.6) is 11.5 Å². The molecule has 1 unspecified atom stereocenters. The van der Waals surface area contributed by atoms with Gasteiger partial charge >= 0.3 is 0 Å². The molecule has 3 atom stereocenters. The fourth-order valence-corrected chi connectivity index (χ4v) is 7.34. The molecule has 0 spiro atoms. The smallest absolute Gasteiger partial charge is 0.256 e. The second kappa shape index (κ2) is 12.3. The Hall–Kier alpha value is -2.30. The van der Waals surface area contributed by atoms with Crippen LogP contribution in [0.25, 0.3) is 22.0 Å². The molecule has 1 aliphatic rings. The summed E-state index contributed by atoms with van der Waals surface area (Å²) in [6, 6.07) is 16.0. The number of methoxy groups -OCH3 is 2. The van der Waals surface area contributed by atoms with Gasteiger partial charge in [-0.1, -0.05) is 29.3 Å². The van der Waals surface area contributed by atoms with E-state index in [9.17, 15) is 4.79 Å². The van der Waals surface area contributed by atoms with Crippen molar-refractivity contribution in [3.63, 3.8) is 0 Å². The highest BCUT2D eigenvalue weighted by molar-refractivity contribution is 14.2. The van der Waals surface area contributed by atoms with E-state index in [1.165, 1.54) is 0 Å². The predicted octanol–water partition coefficient (Wildman–Crippen LogP) is 7.26. The van der Waals surface area contributed by atoms with E-state index >= 15 is 0 Å². The number of nitrogens with one attached hydrogen (secondary N) is 2. The molecule has 2 N–H and O–H groups in total. The zero-order valence-corrected chi connectivity index (χ0v) is 27.1. The van der Waals surface area contributed by atoms with Crippen molar-refractivity contribution in [3.8, 4) is 22.6 Å². The molecule has 1 saturated heterocycles. The number of ether oxygens (including phenoxy) is 2. The number of anilines is 2. The summed E-state index contributed by atoms with van der Waals surface area (Å²) in [7, 11) is 3.09. The Bertz CT molecular complexity index is 1530. The molecule has 40 heavy (non-hydrogen) atoms. The third-order valence-electron chi connectivity index (χ3n) is 6.91. The maximum atomic E-state index is 13.2. The third kappa shape index (κ3) is 5.72. The van der Waals surface area contributed by atoms with Crippen LogP contribution in [0.4, 0.5) is 11.5 Å². The van der Waals surface area contributed by atoms with E-state index in [1.807, 2.05) is 46.9 Å². The number of nitrogens with zero attached hydrogens (tertiary/aromatic N) is 3. The normalized spacial score (nSPS) is 17.5. The SMILES string of the molecule is COc1cc(OC)c(Cl)c(-c2ccc3c(NC(=O)c4ccc(N5C[C@@H](C)N[C@@H](C)C5)cc4)nn(PI)c3c2)c1Cl. The van der Waals surface area contributed by atoms with Crippen molar-refractivity contribution in [1.82, 2.24) is 14.9 Å².